The minimum Gasteiger partial charge on any atom is -0.497 e. The minimum atomic E-state index is -4.14. The maximum atomic E-state index is 13.5. The molecule has 0 aliphatic heterocycles. The van der Waals surface area contributed by atoms with Gasteiger partial charge in [-0.15, -0.1) is 0 Å². The topological polar surface area (TPSA) is 105 Å². The Hall–Kier alpha value is -3.56. The van der Waals surface area contributed by atoms with Crippen LogP contribution < -0.4 is 19.7 Å². The molecule has 0 aliphatic carbocycles. The van der Waals surface area contributed by atoms with Crippen LogP contribution in [0.3, 0.4) is 0 Å². The first kappa shape index (κ1) is 27.0. The van der Waals surface area contributed by atoms with Gasteiger partial charge in [0.05, 0.1) is 28.9 Å². The van der Waals surface area contributed by atoms with E-state index in [2.05, 4.69) is 10.6 Å². The molecule has 0 radical (unpaired) electrons. The lowest BCUT2D eigenvalue weighted by molar-refractivity contribution is -0.114. The van der Waals surface area contributed by atoms with Crippen LogP contribution >= 0.6 is 11.6 Å². The number of carbonyl (C=O) groups excluding carboxylic acids is 2. The van der Waals surface area contributed by atoms with E-state index in [4.69, 9.17) is 16.3 Å². The van der Waals surface area contributed by atoms with Gasteiger partial charge in [-0.05, 0) is 81.4 Å². The van der Waals surface area contributed by atoms with Crippen molar-refractivity contribution in [2.24, 2.45) is 0 Å². The van der Waals surface area contributed by atoms with Crippen molar-refractivity contribution in [1.29, 1.82) is 0 Å². The Morgan fingerprint density at radius 2 is 1.56 bits per heavy atom. The van der Waals surface area contributed by atoms with Crippen LogP contribution in [0.25, 0.3) is 0 Å². The molecular formula is C26H28ClN3O5S. The predicted octanol–water partition coefficient (Wildman–Crippen LogP) is 4.71. The lowest BCUT2D eigenvalue weighted by atomic mass is 10.1. The van der Waals surface area contributed by atoms with Gasteiger partial charge in [0.25, 0.3) is 15.9 Å². The van der Waals surface area contributed by atoms with Gasteiger partial charge in [0.1, 0.15) is 12.3 Å². The molecule has 0 unspecified atom stereocenters. The summed E-state index contributed by atoms with van der Waals surface area (Å²) in [5.74, 6) is -0.494. The van der Waals surface area contributed by atoms with Crippen molar-refractivity contribution >= 4 is 44.8 Å². The third-order valence-electron chi connectivity index (χ3n) is 4.98. The molecule has 0 saturated heterocycles. The Kier molecular flexibility index (Phi) is 8.27. The van der Waals surface area contributed by atoms with E-state index in [1.165, 1.54) is 55.6 Å². The number of nitrogens with one attached hydrogen (secondary N) is 2. The number of sulfonamides is 1. The molecular weight excluding hydrogens is 502 g/mol. The molecule has 3 rings (SSSR count). The van der Waals surface area contributed by atoms with Gasteiger partial charge in [-0.3, -0.25) is 13.9 Å². The van der Waals surface area contributed by atoms with Crippen molar-refractivity contribution in [2.75, 3.05) is 23.3 Å². The van der Waals surface area contributed by atoms with Gasteiger partial charge >= 0.3 is 0 Å². The first-order valence-electron chi connectivity index (χ1n) is 11.0. The molecule has 0 fully saturated rings. The monoisotopic (exact) mass is 529 g/mol. The number of hydrogen-bond acceptors (Lipinski definition) is 5. The van der Waals surface area contributed by atoms with Gasteiger partial charge in [-0.25, -0.2) is 8.42 Å². The number of para-hydroxylation sites is 1. The highest BCUT2D eigenvalue weighted by atomic mass is 35.5. The second kappa shape index (κ2) is 11.0. The van der Waals surface area contributed by atoms with Gasteiger partial charge in [-0.2, -0.15) is 0 Å². The third-order valence-corrected chi connectivity index (χ3v) is 7.02. The van der Waals surface area contributed by atoms with Crippen LogP contribution in [0, 0.1) is 0 Å². The first-order chi connectivity index (χ1) is 16.9. The smallest absolute Gasteiger partial charge is 0.264 e. The van der Waals surface area contributed by atoms with Gasteiger partial charge in [0.15, 0.2) is 0 Å². The van der Waals surface area contributed by atoms with Crippen LogP contribution in [0.1, 0.15) is 31.1 Å². The van der Waals surface area contributed by atoms with Crippen LogP contribution in [-0.2, 0) is 14.8 Å². The quantitative estimate of drug-likeness (QED) is 0.439. The van der Waals surface area contributed by atoms with E-state index in [1.54, 1.807) is 24.3 Å². The molecule has 8 nitrogen and oxygen atoms in total. The number of nitrogens with zero attached hydrogens (tertiary/aromatic N) is 1. The van der Waals surface area contributed by atoms with E-state index in [0.29, 0.717) is 10.8 Å². The molecule has 36 heavy (non-hydrogen) atoms. The molecule has 0 saturated carbocycles. The molecule has 0 heterocycles. The third kappa shape index (κ3) is 6.77. The number of amides is 2. The van der Waals surface area contributed by atoms with Crippen molar-refractivity contribution in [3.8, 4) is 5.75 Å². The Labute approximate surface area is 216 Å². The fourth-order valence-corrected chi connectivity index (χ4v) is 4.86. The molecule has 0 aromatic heterocycles. The molecule has 0 atom stereocenters. The zero-order chi connectivity index (χ0) is 26.5. The van der Waals surface area contributed by atoms with Crippen LogP contribution in [0.15, 0.2) is 77.7 Å². The van der Waals surface area contributed by atoms with E-state index >= 15 is 0 Å². The maximum absolute atomic E-state index is 13.5. The fraction of sp³-hybridized carbons (Fsp3) is 0.231. The van der Waals surface area contributed by atoms with Crippen LogP contribution in [-0.4, -0.2) is 39.4 Å². The summed E-state index contributed by atoms with van der Waals surface area (Å²) in [6.45, 7) is 5.01. The molecule has 0 spiro atoms. The van der Waals surface area contributed by atoms with E-state index in [9.17, 15) is 18.0 Å². The maximum Gasteiger partial charge on any atom is 0.264 e. The van der Waals surface area contributed by atoms with Crippen LogP contribution in [0.5, 0.6) is 5.75 Å². The van der Waals surface area contributed by atoms with Crippen LogP contribution in [0.4, 0.5) is 11.4 Å². The number of methoxy groups -OCH3 is 1. The van der Waals surface area contributed by atoms with Crippen LogP contribution in [0.2, 0.25) is 5.02 Å². The number of carbonyl (C=O) groups is 2. The Bertz CT molecular complexity index is 1340. The van der Waals surface area contributed by atoms with E-state index in [-0.39, 0.29) is 27.7 Å². The summed E-state index contributed by atoms with van der Waals surface area (Å²) < 4.78 is 33.2. The minimum absolute atomic E-state index is 0.0176. The Balaban J connectivity index is 1.92. The standard InChI is InChI=1S/C26H28ClN3O5S/c1-26(2,3)29-25(32)22-7-5-6-8-23(22)28-24(31)17-30(19-11-9-18(27)10-12-19)36(33,34)21-15-13-20(35-4)14-16-21/h5-16H,17H2,1-4H3,(H,28,31)(H,29,32). The van der Waals surface area contributed by atoms with E-state index in [1.807, 2.05) is 20.8 Å². The lowest BCUT2D eigenvalue weighted by Gasteiger charge is -2.25. The van der Waals surface area contributed by atoms with E-state index < -0.39 is 28.0 Å². The van der Waals surface area contributed by atoms with Crippen molar-refractivity contribution in [2.45, 2.75) is 31.2 Å². The first-order valence-corrected chi connectivity index (χ1v) is 12.9. The molecule has 10 heteroatoms. The SMILES string of the molecule is COc1ccc(S(=O)(=O)N(CC(=O)Nc2ccccc2C(=O)NC(C)(C)C)c2ccc(Cl)cc2)cc1. The highest BCUT2D eigenvalue weighted by molar-refractivity contribution is 7.92. The summed E-state index contributed by atoms with van der Waals surface area (Å²) in [5.41, 5.74) is 0.301. The second-order valence-corrected chi connectivity index (χ2v) is 11.3. The van der Waals surface area contributed by atoms with Crippen molar-refractivity contribution in [1.82, 2.24) is 5.32 Å². The molecule has 2 N–H and O–H groups in total. The molecule has 3 aromatic carbocycles. The van der Waals surface area contributed by atoms with E-state index in [0.717, 1.165) is 4.31 Å². The number of hydrogen-bond donors (Lipinski definition) is 2. The highest BCUT2D eigenvalue weighted by Crippen LogP contribution is 2.27. The zero-order valence-electron chi connectivity index (χ0n) is 20.4. The largest absolute Gasteiger partial charge is 0.497 e. The second-order valence-electron chi connectivity index (χ2n) is 8.96. The number of benzene rings is 3. The summed E-state index contributed by atoms with van der Waals surface area (Å²) >= 11 is 5.99. The molecule has 2 amide bonds. The summed E-state index contributed by atoms with van der Waals surface area (Å²) in [6, 6.07) is 18.5. The highest BCUT2D eigenvalue weighted by Gasteiger charge is 2.28. The molecule has 0 bridgehead atoms. The number of rotatable bonds is 8. The average Bonchev–Trinajstić information content (AvgIpc) is 2.82. The molecule has 3 aromatic rings. The molecule has 0 aliphatic rings. The molecule has 190 valence electrons. The lowest BCUT2D eigenvalue weighted by Crippen LogP contribution is -2.41. The number of ether oxygens (including phenoxy) is 1. The summed E-state index contributed by atoms with van der Waals surface area (Å²) in [5, 5.41) is 5.96. The van der Waals surface area contributed by atoms with Gasteiger partial charge in [0, 0.05) is 10.6 Å². The Morgan fingerprint density at radius 3 is 2.14 bits per heavy atom. The number of halogens is 1. The van der Waals surface area contributed by atoms with Gasteiger partial charge in [-0.1, -0.05) is 23.7 Å². The summed E-state index contributed by atoms with van der Waals surface area (Å²) in [7, 11) is -2.66. The summed E-state index contributed by atoms with van der Waals surface area (Å²) in [4.78, 5) is 25.8. The van der Waals surface area contributed by atoms with Crippen molar-refractivity contribution in [3.63, 3.8) is 0 Å². The normalized spacial score (nSPS) is 11.5. The zero-order valence-corrected chi connectivity index (χ0v) is 22.0. The van der Waals surface area contributed by atoms with Gasteiger partial charge in [0.2, 0.25) is 5.91 Å². The predicted molar refractivity (Wildman–Crippen MR) is 141 cm³/mol. The fourth-order valence-electron chi connectivity index (χ4n) is 3.32. The Morgan fingerprint density at radius 1 is 0.944 bits per heavy atom. The van der Waals surface area contributed by atoms with Gasteiger partial charge < -0.3 is 15.4 Å². The summed E-state index contributed by atoms with van der Waals surface area (Å²) in [6.07, 6.45) is 0. The average molecular weight is 530 g/mol. The number of anilines is 2. The van der Waals surface area contributed by atoms with Crippen molar-refractivity contribution < 1.29 is 22.7 Å². The van der Waals surface area contributed by atoms with Crippen molar-refractivity contribution in [3.05, 3.63) is 83.4 Å².